The Balaban J connectivity index is 1.21. The topological polar surface area (TPSA) is 6.48 Å². The second kappa shape index (κ2) is 16.8. The third kappa shape index (κ3) is 7.80. The molecule has 2 nitrogen and oxygen atoms in total. The fraction of sp³-hybridized carbons (Fsp3) is 0.500. The first-order valence-corrected chi connectivity index (χ1v) is 31.9. The van der Waals surface area contributed by atoms with Gasteiger partial charge in [-0.1, -0.05) is 162 Å². The Labute approximate surface area is 487 Å². The molecule has 0 N–H and O–H groups in total. The molecule has 4 aliphatic carbocycles. The minimum Gasteiger partial charge on any atom is -0.311 e. The van der Waals surface area contributed by atoms with Crippen LogP contribution in [0, 0.1) is 13.8 Å². The second-order valence-electron chi connectivity index (χ2n) is 32.9. The van der Waals surface area contributed by atoms with Crippen molar-refractivity contribution < 1.29 is 0 Å². The van der Waals surface area contributed by atoms with Gasteiger partial charge in [0.15, 0.2) is 0 Å². The maximum Gasteiger partial charge on any atom is 0.264 e. The number of benzene rings is 6. The third-order valence-corrected chi connectivity index (χ3v) is 23.6. The van der Waals surface area contributed by atoms with E-state index in [9.17, 15) is 0 Å². The average Bonchev–Trinajstić information content (AvgIpc) is 3.94. The number of thiophene rings is 1. The Morgan fingerprint density at radius 2 is 0.887 bits per heavy atom. The highest BCUT2D eigenvalue weighted by atomic mass is 32.1. The summed E-state index contributed by atoms with van der Waals surface area (Å²) in [5, 5.41) is 1.41. The van der Waals surface area contributed by atoms with Crippen molar-refractivity contribution in [3.63, 3.8) is 0 Å². The monoisotopic (exact) mass is 1080 g/mol. The summed E-state index contributed by atoms with van der Waals surface area (Å²) in [6.45, 7) is 52.3. The second-order valence-corrected chi connectivity index (χ2v) is 34.0. The number of anilines is 6. The van der Waals surface area contributed by atoms with Crippen LogP contribution >= 0.6 is 11.3 Å². The molecule has 13 rings (SSSR count). The Kier molecular flexibility index (Phi) is 11.4. The number of hydrogen-bond acceptors (Lipinski definition) is 3. The molecule has 4 heteroatoms. The Bertz CT molecular complexity index is 3800. The summed E-state index contributed by atoms with van der Waals surface area (Å²) in [4.78, 5) is 5.61. The van der Waals surface area contributed by atoms with Gasteiger partial charge in [-0.05, 0) is 246 Å². The summed E-state index contributed by atoms with van der Waals surface area (Å²) in [5.74, 6) is 0. The molecule has 6 aliphatic rings. The number of rotatable bonds is 3. The zero-order valence-corrected chi connectivity index (χ0v) is 53.9. The van der Waals surface area contributed by atoms with Crippen molar-refractivity contribution in [2.24, 2.45) is 0 Å². The lowest BCUT2D eigenvalue weighted by molar-refractivity contribution is 0.331. The number of nitrogens with zero attached hydrogens (tertiary/aromatic N) is 2. The average molecular weight is 1080 g/mol. The van der Waals surface area contributed by atoms with E-state index in [0.29, 0.717) is 0 Å². The standard InChI is InChI=1S/C76H93BN2S/c1-44-36-60-65-61(37-44)79(58-41-54-51(70(8,9)28-31-73(54,14)15)38-48(58)63-45(2)22-27-50-64(63)76(20,21)35-34-69(50,6)7)59-42-55-53(72(12,13)30-32-74(55,16)17)40-57(59)77(65)67-66(78(60)47-25-23-46(24-26-47)68(3,4)5)49-39-52-56(43-62(49)80-67)75(18,19)33-29-71(52,10)11/h22-27,36-43H,28-35H2,1-21H3. The van der Waals surface area contributed by atoms with Gasteiger partial charge in [0.05, 0.1) is 11.4 Å². The molecule has 416 valence electrons. The van der Waals surface area contributed by atoms with Gasteiger partial charge in [-0.2, -0.15) is 0 Å². The smallest absolute Gasteiger partial charge is 0.264 e. The molecule has 3 heterocycles. The van der Waals surface area contributed by atoms with Crippen molar-refractivity contribution in [2.75, 3.05) is 9.80 Å². The molecular formula is C76H93BN2S. The lowest BCUT2D eigenvalue weighted by Gasteiger charge is -2.48. The highest BCUT2D eigenvalue weighted by Crippen LogP contribution is 2.59. The summed E-state index contributed by atoms with van der Waals surface area (Å²) < 4.78 is 2.90. The van der Waals surface area contributed by atoms with Gasteiger partial charge in [0.1, 0.15) is 0 Å². The van der Waals surface area contributed by atoms with Crippen LogP contribution < -0.4 is 25.5 Å². The van der Waals surface area contributed by atoms with Crippen LogP contribution in [0.25, 0.3) is 21.2 Å². The van der Waals surface area contributed by atoms with Gasteiger partial charge in [0, 0.05) is 43.2 Å². The fourth-order valence-electron chi connectivity index (χ4n) is 16.6. The minimum absolute atomic E-state index is 0.000509. The van der Waals surface area contributed by atoms with Crippen LogP contribution in [0.5, 0.6) is 0 Å². The van der Waals surface area contributed by atoms with Crippen LogP contribution in [0.3, 0.4) is 0 Å². The van der Waals surface area contributed by atoms with Crippen LogP contribution in [0.4, 0.5) is 34.1 Å². The first kappa shape index (κ1) is 54.2. The first-order valence-electron chi connectivity index (χ1n) is 31.0. The molecular weight excluding hydrogens is 984 g/mol. The third-order valence-electron chi connectivity index (χ3n) is 22.4. The number of fused-ring (bicyclic) bond motifs is 10. The molecule has 0 fully saturated rings. The van der Waals surface area contributed by atoms with Gasteiger partial charge in [-0.15, -0.1) is 11.3 Å². The Hall–Kier alpha value is -5.06. The highest BCUT2D eigenvalue weighted by Gasteiger charge is 2.51. The zero-order chi connectivity index (χ0) is 57.4. The number of hydrogen-bond donors (Lipinski definition) is 0. The van der Waals surface area contributed by atoms with E-state index in [4.69, 9.17) is 0 Å². The summed E-state index contributed by atoms with van der Waals surface area (Å²) in [7, 11) is 0. The van der Waals surface area contributed by atoms with Gasteiger partial charge in [-0.25, -0.2) is 0 Å². The summed E-state index contributed by atoms with van der Waals surface area (Å²) in [5.41, 5.74) is 30.4. The molecule has 80 heavy (non-hydrogen) atoms. The van der Waals surface area contributed by atoms with Gasteiger partial charge in [0.25, 0.3) is 6.71 Å². The van der Waals surface area contributed by atoms with E-state index in [1.54, 1.807) is 11.1 Å². The molecule has 0 radical (unpaired) electrons. The van der Waals surface area contributed by atoms with Crippen LogP contribution in [0.15, 0.2) is 84.9 Å². The molecule has 2 aliphatic heterocycles. The summed E-state index contributed by atoms with van der Waals surface area (Å²) in [6.07, 6.45) is 9.44. The molecule has 6 aromatic carbocycles. The van der Waals surface area contributed by atoms with Gasteiger partial charge >= 0.3 is 0 Å². The summed E-state index contributed by atoms with van der Waals surface area (Å²) >= 11 is 2.09. The molecule has 1 aromatic heterocycles. The SMILES string of the molecule is Cc1cc2c3c(c1)N(c1ccc(C(C)(C)C)cc1)c1c(sc4cc5c(cc14)C(C)(C)CCC5(C)C)B3c1cc3c(cc1N2c1cc2c(cc1-c1c(C)ccc4c1C(C)(C)CCC4(C)C)C(C)(C)CCC2(C)C)C(C)(C)CCC3(C)C. The van der Waals surface area contributed by atoms with Crippen molar-refractivity contribution in [1.29, 1.82) is 0 Å². The Morgan fingerprint density at radius 1 is 0.438 bits per heavy atom. The van der Waals surface area contributed by atoms with Gasteiger partial charge in [-0.3, -0.25) is 0 Å². The first-order chi connectivity index (χ1) is 37.0. The predicted molar refractivity (Wildman–Crippen MR) is 351 cm³/mol. The van der Waals surface area contributed by atoms with E-state index in [0.717, 1.165) is 6.42 Å². The lowest BCUT2D eigenvalue weighted by atomic mass is 9.35. The maximum atomic E-state index is 2.87. The zero-order valence-electron chi connectivity index (χ0n) is 53.1. The predicted octanol–water partition coefficient (Wildman–Crippen LogP) is 20.0. The molecule has 0 atom stereocenters. The van der Waals surface area contributed by atoms with E-state index in [2.05, 4.69) is 251 Å². The van der Waals surface area contributed by atoms with Crippen LogP contribution in [-0.4, -0.2) is 6.71 Å². The molecule has 0 bridgehead atoms. The summed E-state index contributed by atoms with van der Waals surface area (Å²) in [6, 6.07) is 36.3. The van der Waals surface area contributed by atoms with Crippen molar-refractivity contribution in [3.8, 4) is 11.1 Å². The van der Waals surface area contributed by atoms with Gasteiger partial charge in [0.2, 0.25) is 0 Å². The van der Waals surface area contributed by atoms with Crippen molar-refractivity contribution in [1.82, 2.24) is 0 Å². The molecule has 0 unspecified atom stereocenters. The van der Waals surface area contributed by atoms with Gasteiger partial charge < -0.3 is 9.80 Å². The van der Waals surface area contributed by atoms with Crippen LogP contribution in [-0.2, 0) is 48.7 Å². The van der Waals surface area contributed by atoms with Crippen molar-refractivity contribution >= 4 is 78.0 Å². The molecule has 0 amide bonds. The normalized spacial score (nSPS) is 21.6. The molecule has 0 saturated heterocycles. The van der Waals surface area contributed by atoms with E-state index >= 15 is 0 Å². The largest absolute Gasteiger partial charge is 0.311 e. The van der Waals surface area contributed by atoms with E-state index in [-0.39, 0.29) is 55.4 Å². The molecule has 0 spiro atoms. The molecule has 0 saturated carbocycles. The van der Waals surface area contributed by atoms with Crippen molar-refractivity contribution in [3.05, 3.63) is 146 Å². The highest BCUT2D eigenvalue weighted by molar-refractivity contribution is 7.33. The minimum atomic E-state index is 0.000509. The lowest BCUT2D eigenvalue weighted by Crippen LogP contribution is -2.61. The Morgan fingerprint density at radius 3 is 1.43 bits per heavy atom. The molecule has 7 aromatic rings. The quantitative estimate of drug-likeness (QED) is 0.163. The van der Waals surface area contributed by atoms with Crippen molar-refractivity contribution in [2.45, 2.75) is 245 Å². The number of aryl methyl sites for hydroxylation is 2. The van der Waals surface area contributed by atoms with E-state index in [1.165, 1.54) is 166 Å². The maximum absolute atomic E-state index is 2.87. The van der Waals surface area contributed by atoms with E-state index in [1.807, 2.05) is 0 Å². The fourth-order valence-corrected chi connectivity index (χ4v) is 17.9. The van der Waals surface area contributed by atoms with Crippen LogP contribution in [0.1, 0.15) is 244 Å². The van der Waals surface area contributed by atoms with Crippen LogP contribution in [0.2, 0.25) is 0 Å². The van der Waals surface area contributed by atoms with E-state index < -0.39 is 0 Å².